The fraction of sp³-hybridized carbons (Fsp3) is 0.533. The molecule has 9 nitrogen and oxygen atoms in total. The van der Waals surface area contributed by atoms with E-state index >= 15 is 0 Å². The molecule has 140 valence electrons. The third-order valence-electron chi connectivity index (χ3n) is 4.27. The number of rotatable bonds is 5. The second kappa shape index (κ2) is 6.62. The molecule has 11 heteroatoms. The number of amides is 2. The molecule has 3 N–H and O–H groups in total. The van der Waals surface area contributed by atoms with E-state index in [1.165, 1.54) is 28.4 Å². The van der Waals surface area contributed by atoms with E-state index in [1.807, 2.05) is 6.26 Å². The Morgan fingerprint density at radius 2 is 2.15 bits per heavy atom. The van der Waals surface area contributed by atoms with E-state index in [4.69, 9.17) is 0 Å². The lowest BCUT2D eigenvalue weighted by molar-refractivity contribution is -0.159. The maximum absolute atomic E-state index is 12.4. The number of β-lactam (4-membered cyclic amide) rings is 1. The molecule has 1 aromatic heterocycles. The Bertz CT molecular complexity index is 840. The van der Waals surface area contributed by atoms with Gasteiger partial charge in [0.05, 0.1) is 5.75 Å². The summed E-state index contributed by atoms with van der Waals surface area (Å²) in [6, 6.07) is -0.698. The van der Waals surface area contributed by atoms with Gasteiger partial charge in [0, 0.05) is 10.8 Å². The van der Waals surface area contributed by atoms with Crippen LogP contribution in [0.4, 0.5) is 0 Å². The fourth-order valence-electron chi connectivity index (χ4n) is 3.19. The summed E-state index contributed by atoms with van der Waals surface area (Å²) in [5, 5.41) is 11.5. The van der Waals surface area contributed by atoms with Gasteiger partial charge in [0.2, 0.25) is 5.91 Å². The van der Waals surface area contributed by atoms with E-state index in [2.05, 4.69) is 15.3 Å². The zero-order valence-corrected chi connectivity index (χ0v) is 15.9. The van der Waals surface area contributed by atoms with Crippen LogP contribution in [0.15, 0.2) is 10.9 Å². The van der Waals surface area contributed by atoms with E-state index in [-0.39, 0.29) is 5.69 Å². The molecule has 2 aliphatic rings. The number of H-pyrrole nitrogens is 1. The zero-order chi connectivity index (χ0) is 19.2. The van der Waals surface area contributed by atoms with Crippen molar-refractivity contribution in [2.75, 3.05) is 6.26 Å². The first-order chi connectivity index (χ1) is 12.2. The maximum Gasteiger partial charge on any atom is 0.327 e. The predicted octanol–water partition coefficient (Wildman–Crippen LogP) is -0.122. The van der Waals surface area contributed by atoms with Crippen molar-refractivity contribution in [3.8, 4) is 0 Å². The minimum absolute atomic E-state index is 0.0684. The van der Waals surface area contributed by atoms with Crippen LogP contribution in [0.2, 0.25) is 0 Å². The molecule has 0 aliphatic carbocycles. The minimum Gasteiger partial charge on any atom is -0.480 e. The van der Waals surface area contributed by atoms with Crippen LogP contribution in [0, 0.1) is 0 Å². The number of carboxylic acid groups (broad SMARTS) is 1. The molecule has 2 amide bonds. The molecular weight excluding hydrogens is 380 g/mol. The topological polar surface area (TPSA) is 132 Å². The molecule has 0 unspecified atom stereocenters. The quantitative estimate of drug-likeness (QED) is 0.585. The second-order valence-electron chi connectivity index (χ2n) is 6.56. The molecule has 3 heterocycles. The highest BCUT2D eigenvalue weighted by Gasteiger charge is 2.64. The number of nitrogens with zero attached hydrogens (tertiary/aromatic N) is 2. The summed E-state index contributed by atoms with van der Waals surface area (Å²) in [5.41, 5.74) is -0.515. The normalized spacial score (nSPS) is 26.2. The highest BCUT2D eigenvalue weighted by atomic mass is 32.2. The predicted molar refractivity (Wildman–Crippen MR) is 97.1 cm³/mol. The third-order valence-corrected chi connectivity index (χ3v) is 6.40. The molecule has 2 fully saturated rings. The molecule has 1 aromatic rings. The van der Waals surface area contributed by atoms with Gasteiger partial charge < -0.3 is 20.3 Å². The summed E-state index contributed by atoms with van der Waals surface area (Å²) < 4.78 is -0.667. The average Bonchev–Trinajstić information content (AvgIpc) is 2.80. The number of aliphatic carboxylic acids is 1. The van der Waals surface area contributed by atoms with Gasteiger partial charge in [0.1, 0.15) is 29.0 Å². The molecule has 0 bridgehead atoms. The van der Waals surface area contributed by atoms with Gasteiger partial charge in [-0.1, -0.05) is 0 Å². The number of fused-ring (bicyclic) bond motifs is 1. The van der Waals surface area contributed by atoms with Crippen LogP contribution in [0.5, 0.6) is 0 Å². The number of carbonyl (C=O) groups is 3. The van der Waals surface area contributed by atoms with Crippen LogP contribution >= 0.6 is 23.5 Å². The van der Waals surface area contributed by atoms with Crippen LogP contribution in [0.1, 0.15) is 30.2 Å². The third kappa shape index (κ3) is 3.09. The largest absolute Gasteiger partial charge is 0.480 e. The van der Waals surface area contributed by atoms with E-state index in [0.717, 1.165) is 6.07 Å². The Labute approximate surface area is 157 Å². The Kier molecular flexibility index (Phi) is 4.78. The first-order valence-electron chi connectivity index (χ1n) is 7.78. The van der Waals surface area contributed by atoms with Gasteiger partial charge in [0.25, 0.3) is 11.5 Å². The van der Waals surface area contributed by atoms with Crippen LogP contribution < -0.4 is 10.9 Å². The van der Waals surface area contributed by atoms with Crippen molar-refractivity contribution in [3.05, 3.63) is 27.9 Å². The maximum atomic E-state index is 12.4. The number of carbonyl (C=O) groups excluding carboxylic acids is 2. The van der Waals surface area contributed by atoms with Crippen molar-refractivity contribution in [3.63, 3.8) is 0 Å². The average molecular weight is 398 g/mol. The highest BCUT2D eigenvalue weighted by Crippen LogP contribution is 2.50. The SMILES string of the molecule is CSCc1nc(C(=O)N[C@@H]2C(=O)N3[C@@H]2SC(C)(C)[C@@H]3C(=O)O)cc(=O)[nH]1. The number of carboxylic acids is 1. The Morgan fingerprint density at radius 1 is 1.46 bits per heavy atom. The lowest BCUT2D eigenvalue weighted by Crippen LogP contribution is -2.70. The molecule has 3 atom stereocenters. The molecule has 2 saturated heterocycles. The summed E-state index contributed by atoms with van der Waals surface area (Å²) >= 11 is 2.78. The number of nitrogens with one attached hydrogen (secondary N) is 2. The Hall–Kier alpha value is -2.01. The second-order valence-corrected chi connectivity index (χ2v) is 9.20. The monoisotopic (exact) mass is 398 g/mol. The number of hydrogen-bond donors (Lipinski definition) is 3. The molecule has 0 aromatic carbocycles. The summed E-state index contributed by atoms with van der Waals surface area (Å²) in [6.07, 6.45) is 1.84. The highest BCUT2D eigenvalue weighted by molar-refractivity contribution is 8.01. The van der Waals surface area contributed by atoms with E-state index in [9.17, 15) is 24.3 Å². The van der Waals surface area contributed by atoms with E-state index in [1.54, 1.807) is 13.8 Å². The van der Waals surface area contributed by atoms with Crippen LogP contribution in [0.25, 0.3) is 0 Å². The number of thioether (sulfide) groups is 2. The summed E-state index contributed by atoms with van der Waals surface area (Å²) in [7, 11) is 0. The first-order valence-corrected chi connectivity index (χ1v) is 10.1. The molecular formula is C15H18N4O5S2. The van der Waals surface area contributed by atoms with Crippen LogP contribution in [0.3, 0.4) is 0 Å². The van der Waals surface area contributed by atoms with Gasteiger partial charge in [-0.05, 0) is 20.1 Å². The summed E-state index contributed by atoms with van der Waals surface area (Å²) in [4.78, 5) is 55.9. The number of aromatic amines is 1. The van der Waals surface area contributed by atoms with Gasteiger partial charge in [-0.2, -0.15) is 11.8 Å². The van der Waals surface area contributed by atoms with Crippen molar-refractivity contribution >= 4 is 41.3 Å². The lowest BCUT2D eigenvalue weighted by Gasteiger charge is -2.43. The smallest absolute Gasteiger partial charge is 0.327 e. The van der Waals surface area contributed by atoms with Crippen molar-refractivity contribution in [2.45, 2.75) is 41.8 Å². The molecule has 2 aliphatic heterocycles. The molecule has 0 saturated carbocycles. The zero-order valence-electron chi connectivity index (χ0n) is 14.3. The molecule has 26 heavy (non-hydrogen) atoms. The number of hydrogen-bond acceptors (Lipinski definition) is 7. The first kappa shape index (κ1) is 18.8. The molecule has 0 radical (unpaired) electrons. The van der Waals surface area contributed by atoms with Crippen molar-refractivity contribution in [1.29, 1.82) is 0 Å². The Balaban J connectivity index is 1.77. The number of aromatic nitrogens is 2. The van der Waals surface area contributed by atoms with Gasteiger partial charge in [-0.25, -0.2) is 9.78 Å². The minimum atomic E-state index is -1.07. The van der Waals surface area contributed by atoms with Crippen LogP contribution in [-0.2, 0) is 15.3 Å². The van der Waals surface area contributed by atoms with Gasteiger partial charge in [-0.3, -0.25) is 14.4 Å². The van der Waals surface area contributed by atoms with E-state index < -0.39 is 45.5 Å². The van der Waals surface area contributed by atoms with Gasteiger partial charge in [-0.15, -0.1) is 11.8 Å². The van der Waals surface area contributed by atoms with Gasteiger partial charge in [0.15, 0.2) is 0 Å². The Morgan fingerprint density at radius 3 is 2.77 bits per heavy atom. The van der Waals surface area contributed by atoms with Crippen molar-refractivity contribution < 1.29 is 19.5 Å². The van der Waals surface area contributed by atoms with E-state index in [0.29, 0.717) is 11.6 Å². The molecule has 3 rings (SSSR count). The van der Waals surface area contributed by atoms with Gasteiger partial charge >= 0.3 is 5.97 Å². The standard InChI is InChI=1S/C15H18N4O5S2/c1-15(2)10(14(23)24)19-12(22)9(13(19)26-15)18-11(21)6-4-8(20)17-7(16-6)5-25-3/h4,9-10,13H,5H2,1-3H3,(H,18,21)(H,23,24)(H,16,17,20)/t9-,10+,13-/m1/s1. The fourth-order valence-corrected chi connectivity index (χ4v) is 5.23. The lowest BCUT2D eigenvalue weighted by atomic mass is 9.96. The van der Waals surface area contributed by atoms with Crippen LogP contribution in [-0.4, -0.2) is 66.2 Å². The summed E-state index contributed by atoms with van der Waals surface area (Å²) in [5.74, 6) is -1.32. The molecule has 0 spiro atoms. The van der Waals surface area contributed by atoms with Crippen molar-refractivity contribution in [1.82, 2.24) is 20.2 Å². The summed E-state index contributed by atoms with van der Waals surface area (Å²) in [6.45, 7) is 3.52. The van der Waals surface area contributed by atoms with Crippen molar-refractivity contribution in [2.24, 2.45) is 0 Å².